The van der Waals surface area contributed by atoms with Gasteiger partial charge in [-0.1, -0.05) is 17.7 Å². The largest absolute Gasteiger partial charge is 0.338 e. The molecular weight excluding hydrogens is 297 g/mol. The van der Waals surface area contributed by atoms with Crippen molar-refractivity contribution in [3.8, 4) is 0 Å². The number of halogens is 2. The summed E-state index contributed by atoms with van der Waals surface area (Å²) in [5.74, 6) is -0.0986. The molecule has 0 saturated carbocycles. The smallest absolute Gasteiger partial charge is 0.263 e. The Morgan fingerprint density at radius 3 is 2.61 bits per heavy atom. The number of carbonyl (C=O) groups is 1. The van der Waals surface area contributed by atoms with Gasteiger partial charge in [0.05, 0.1) is 5.02 Å². The van der Waals surface area contributed by atoms with Crippen LogP contribution in [0.25, 0.3) is 0 Å². The van der Waals surface area contributed by atoms with E-state index >= 15 is 0 Å². The molecule has 1 aliphatic rings. The number of nitrogens with zero attached hydrogens (tertiary/aromatic N) is 1. The Kier molecular flexibility index (Phi) is 3.58. The van der Waals surface area contributed by atoms with Crippen LogP contribution in [0, 0.1) is 0 Å². The highest BCUT2D eigenvalue weighted by atomic mass is 35.7. The molecule has 0 saturated heterocycles. The first-order chi connectivity index (χ1) is 8.30. The average molecular weight is 308 g/mol. The summed E-state index contributed by atoms with van der Waals surface area (Å²) in [6.07, 6.45) is 0.603. The van der Waals surface area contributed by atoms with Gasteiger partial charge < -0.3 is 4.90 Å². The molecule has 1 heterocycles. The van der Waals surface area contributed by atoms with E-state index in [1.165, 1.54) is 13.0 Å². The van der Waals surface area contributed by atoms with Crippen molar-refractivity contribution < 1.29 is 13.2 Å². The van der Waals surface area contributed by atoms with Gasteiger partial charge in [-0.05, 0) is 23.6 Å². The number of amides is 1. The molecule has 7 heteroatoms. The minimum absolute atomic E-state index is 0.0747. The summed E-state index contributed by atoms with van der Waals surface area (Å²) in [5.41, 5.74) is 1.40. The van der Waals surface area contributed by atoms with Crippen LogP contribution in [0.1, 0.15) is 18.1 Å². The number of fused-ring (bicyclic) bond motifs is 1. The van der Waals surface area contributed by atoms with E-state index in [0.717, 1.165) is 5.56 Å². The molecule has 1 amide bonds. The summed E-state index contributed by atoms with van der Waals surface area (Å²) in [6.45, 7) is 2.25. The summed E-state index contributed by atoms with van der Waals surface area (Å²) in [4.78, 5) is 12.9. The van der Waals surface area contributed by atoms with E-state index in [-0.39, 0.29) is 22.4 Å². The van der Waals surface area contributed by atoms with Crippen LogP contribution in [0.3, 0.4) is 0 Å². The average Bonchev–Trinajstić information content (AvgIpc) is 2.25. The Hall–Kier alpha value is -0.780. The molecule has 0 bridgehead atoms. The van der Waals surface area contributed by atoms with Crippen molar-refractivity contribution in [2.45, 2.75) is 24.8 Å². The molecule has 0 aliphatic carbocycles. The summed E-state index contributed by atoms with van der Waals surface area (Å²) in [5, 5.41) is 0.0918. The third-order valence-corrected chi connectivity index (χ3v) is 4.84. The van der Waals surface area contributed by atoms with Crippen LogP contribution in [0.15, 0.2) is 17.0 Å². The van der Waals surface area contributed by atoms with Gasteiger partial charge in [-0.25, -0.2) is 8.42 Å². The molecule has 0 unspecified atom stereocenters. The summed E-state index contributed by atoms with van der Waals surface area (Å²) in [7, 11) is 1.49. The van der Waals surface area contributed by atoms with Crippen molar-refractivity contribution in [1.82, 2.24) is 4.90 Å². The van der Waals surface area contributed by atoms with Gasteiger partial charge in [0.15, 0.2) is 0 Å². The molecule has 4 nitrogen and oxygen atoms in total. The molecular formula is C11H11Cl2NO3S. The predicted molar refractivity (Wildman–Crippen MR) is 69.3 cm³/mol. The lowest BCUT2D eigenvalue weighted by Crippen LogP contribution is -2.35. The van der Waals surface area contributed by atoms with Crippen LogP contribution in [0.5, 0.6) is 0 Å². The van der Waals surface area contributed by atoms with Crippen molar-refractivity contribution in [3.05, 3.63) is 28.3 Å². The van der Waals surface area contributed by atoms with Crippen LogP contribution >= 0.6 is 22.3 Å². The molecule has 1 aromatic rings. The Morgan fingerprint density at radius 1 is 1.39 bits per heavy atom. The number of hydrogen-bond donors (Lipinski definition) is 0. The number of carbonyl (C=O) groups excluding carboxylic acids is 1. The van der Waals surface area contributed by atoms with E-state index in [1.54, 1.807) is 11.0 Å². The zero-order valence-electron chi connectivity index (χ0n) is 9.61. The van der Waals surface area contributed by atoms with E-state index in [4.69, 9.17) is 22.3 Å². The predicted octanol–water partition coefficient (Wildman–Crippen LogP) is 2.17. The minimum atomic E-state index is -3.92. The van der Waals surface area contributed by atoms with Crippen LogP contribution in [0.2, 0.25) is 5.02 Å². The van der Waals surface area contributed by atoms with Gasteiger partial charge in [0, 0.05) is 30.7 Å². The second-order valence-electron chi connectivity index (χ2n) is 4.14. The SMILES string of the molecule is CC(=O)N1CCc2ccc(Cl)c(S(=O)(=O)Cl)c2C1. The van der Waals surface area contributed by atoms with Gasteiger partial charge in [-0.15, -0.1) is 0 Å². The van der Waals surface area contributed by atoms with Crippen LogP contribution < -0.4 is 0 Å². The van der Waals surface area contributed by atoms with E-state index < -0.39 is 9.05 Å². The number of rotatable bonds is 1. The van der Waals surface area contributed by atoms with Crippen molar-refractivity contribution in [2.24, 2.45) is 0 Å². The molecule has 2 rings (SSSR count). The van der Waals surface area contributed by atoms with Crippen molar-refractivity contribution in [1.29, 1.82) is 0 Å². The van der Waals surface area contributed by atoms with Gasteiger partial charge in [-0.3, -0.25) is 4.79 Å². The Morgan fingerprint density at radius 2 is 2.06 bits per heavy atom. The van der Waals surface area contributed by atoms with Crippen molar-refractivity contribution in [3.63, 3.8) is 0 Å². The monoisotopic (exact) mass is 307 g/mol. The van der Waals surface area contributed by atoms with Gasteiger partial charge in [0.1, 0.15) is 4.90 Å². The molecule has 1 aromatic carbocycles. The van der Waals surface area contributed by atoms with Gasteiger partial charge in [0.2, 0.25) is 5.91 Å². The number of benzene rings is 1. The van der Waals surface area contributed by atoms with Crippen molar-refractivity contribution in [2.75, 3.05) is 6.54 Å². The second-order valence-corrected chi connectivity index (χ2v) is 7.05. The summed E-state index contributed by atoms with van der Waals surface area (Å²) in [6, 6.07) is 3.31. The van der Waals surface area contributed by atoms with Gasteiger partial charge in [-0.2, -0.15) is 0 Å². The molecule has 18 heavy (non-hydrogen) atoms. The molecule has 0 N–H and O–H groups in total. The number of hydrogen-bond acceptors (Lipinski definition) is 3. The first-order valence-electron chi connectivity index (χ1n) is 5.31. The van der Waals surface area contributed by atoms with E-state index in [0.29, 0.717) is 18.5 Å². The highest BCUT2D eigenvalue weighted by Gasteiger charge is 2.27. The maximum atomic E-state index is 11.6. The van der Waals surface area contributed by atoms with E-state index in [1.807, 2.05) is 0 Å². The lowest BCUT2D eigenvalue weighted by molar-refractivity contribution is -0.129. The topological polar surface area (TPSA) is 54.5 Å². The normalized spacial score (nSPS) is 15.4. The minimum Gasteiger partial charge on any atom is -0.338 e. The highest BCUT2D eigenvalue weighted by molar-refractivity contribution is 8.13. The Balaban J connectivity index is 2.60. The summed E-state index contributed by atoms with van der Waals surface area (Å²) >= 11 is 5.91. The maximum Gasteiger partial charge on any atom is 0.263 e. The Labute approximate surface area is 115 Å². The fourth-order valence-corrected chi connectivity index (χ4v) is 4.03. The van der Waals surface area contributed by atoms with Crippen LogP contribution in [0.4, 0.5) is 0 Å². The maximum absolute atomic E-state index is 11.6. The van der Waals surface area contributed by atoms with Crippen molar-refractivity contribution >= 4 is 37.2 Å². The van der Waals surface area contributed by atoms with Crippen LogP contribution in [-0.2, 0) is 26.8 Å². The van der Waals surface area contributed by atoms with Gasteiger partial charge in [0.25, 0.3) is 9.05 Å². The lowest BCUT2D eigenvalue weighted by Gasteiger charge is -2.29. The standard InChI is InChI=1S/C11H11Cl2NO3S/c1-7(15)14-5-4-8-2-3-10(12)11(9(8)6-14)18(13,16)17/h2-3H,4-6H2,1H3. The molecule has 0 aromatic heterocycles. The third-order valence-electron chi connectivity index (χ3n) is 3.00. The fourth-order valence-electron chi connectivity index (χ4n) is 2.11. The summed E-state index contributed by atoms with van der Waals surface area (Å²) < 4.78 is 23.2. The highest BCUT2D eigenvalue weighted by Crippen LogP contribution is 2.33. The molecule has 98 valence electrons. The first kappa shape index (κ1) is 13.6. The fraction of sp³-hybridized carbons (Fsp3) is 0.364. The molecule has 0 radical (unpaired) electrons. The third kappa shape index (κ3) is 2.48. The quantitative estimate of drug-likeness (QED) is 0.747. The lowest BCUT2D eigenvalue weighted by atomic mass is 10.00. The molecule has 0 fully saturated rings. The Bertz CT molecular complexity index is 613. The van der Waals surface area contributed by atoms with Crippen LogP contribution in [-0.4, -0.2) is 25.8 Å². The molecule has 1 aliphatic heterocycles. The first-order valence-corrected chi connectivity index (χ1v) is 8.00. The zero-order valence-corrected chi connectivity index (χ0v) is 11.9. The molecule has 0 spiro atoms. The molecule has 0 atom stereocenters. The van der Waals surface area contributed by atoms with E-state index in [9.17, 15) is 13.2 Å². The zero-order chi connectivity index (χ0) is 13.5. The van der Waals surface area contributed by atoms with E-state index in [2.05, 4.69) is 0 Å². The second kappa shape index (κ2) is 4.72. The van der Waals surface area contributed by atoms with Gasteiger partial charge >= 0.3 is 0 Å².